The molecule has 0 aliphatic rings. The van der Waals surface area contributed by atoms with E-state index < -0.39 is 18.0 Å². The largest absolute Gasteiger partial charge is 0.508 e. The molecule has 0 heterocycles. The molecule has 0 bridgehead atoms. The maximum Gasteiger partial charge on any atom is 0.240 e. The number of aryl methyl sites for hydroxylation is 3. The van der Waals surface area contributed by atoms with Gasteiger partial charge in [0, 0.05) is 6.54 Å². The van der Waals surface area contributed by atoms with Crippen LogP contribution in [0.4, 0.5) is 0 Å². The molecular formula is C23H31N3O3. The molecule has 2 amide bonds. The topological polar surface area (TPSA) is 110 Å². The maximum atomic E-state index is 13.1. The third-order valence-corrected chi connectivity index (χ3v) is 5.29. The molecule has 0 saturated heterocycles. The Morgan fingerprint density at radius 1 is 1.10 bits per heavy atom. The lowest BCUT2D eigenvalue weighted by molar-refractivity contribution is -0.139. The van der Waals surface area contributed by atoms with E-state index in [1.54, 1.807) is 19.1 Å². The van der Waals surface area contributed by atoms with Gasteiger partial charge in [0.15, 0.2) is 0 Å². The van der Waals surface area contributed by atoms with Crippen molar-refractivity contribution in [3.05, 3.63) is 64.7 Å². The van der Waals surface area contributed by atoms with E-state index in [0.717, 1.165) is 23.1 Å². The molecule has 2 aromatic rings. The number of carbonyl (C=O) groups excluding carboxylic acids is 2. The molecule has 0 saturated carbocycles. The molecule has 0 aliphatic heterocycles. The van der Waals surface area contributed by atoms with Crippen LogP contribution in [0.1, 0.15) is 35.6 Å². The molecule has 29 heavy (non-hydrogen) atoms. The second-order valence-electron chi connectivity index (χ2n) is 7.57. The Balaban J connectivity index is 2.10. The van der Waals surface area contributed by atoms with Crippen LogP contribution in [-0.2, 0) is 22.4 Å². The Labute approximate surface area is 172 Å². The minimum Gasteiger partial charge on any atom is -0.508 e. The van der Waals surface area contributed by atoms with Crippen LogP contribution < -0.4 is 11.5 Å². The first-order valence-corrected chi connectivity index (χ1v) is 9.89. The van der Waals surface area contributed by atoms with Gasteiger partial charge in [-0.05, 0) is 74.4 Å². The van der Waals surface area contributed by atoms with Crippen LogP contribution in [0.25, 0.3) is 0 Å². The number of amides is 2. The van der Waals surface area contributed by atoms with Crippen molar-refractivity contribution in [3.63, 3.8) is 0 Å². The Bertz CT molecular complexity index is 829. The molecule has 2 aromatic carbocycles. The predicted molar refractivity (Wildman–Crippen MR) is 114 cm³/mol. The van der Waals surface area contributed by atoms with Crippen LogP contribution in [0, 0.1) is 13.8 Å². The van der Waals surface area contributed by atoms with Gasteiger partial charge in [0.2, 0.25) is 11.8 Å². The van der Waals surface area contributed by atoms with Gasteiger partial charge in [0.1, 0.15) is 11.8 Å². The molecule has 0 aliphatic carbocycles. The summed E-state index contributed by atoms with van der Waals surface area (Å²) >= 11 is 0. The molecule has 156 valence electrons. The van der Waals surface area contributed by atoms with Gasteiger partial charge in [-0.3, -0.25) is 9.59 Å². The Kier molecular flexibility index (Phi) is 7.79. The highest BCUT2D eigenvalue weighted by Gasteiger charge is 2.28. The van der Waals surface area contributed by atoms with Gasteiger partial charge in [0.05, 0.1) is 6.04 Å². The first-order chi connectivity index (χ1) is 13.7. The number of hydrogen-bond acceptors (Lipinski definition) is 4. The van der Waals surface area contributed by atoms with Crippen molar-refractivity contribution in [2.45, 2.75) is 52.1 Å². The van der Waals surface area contributed by atoms with E-state index in [1.807, 2.05) is 44.2 Å². The van der Waals surface area contributed by atoms with E-state index in [2.05, 4.69) is 0 Å². The molecule has 5 N–H and O–H groups in total. The van der Waals surface area contributed by atoms with Crippen molar-refractivity contribution in [2.24, 2.45) is 11.5 Å². The minimum absolute atomic E-state index is 0.188. The third-order valence-electron chi connectivity index (χ3n) is 5.29. The van der Waals surface area contributed by atoms with Gasteiger partial charge in [-0.15, -0.1) is 0 Å². The van der Waals surface area contributed by atoms with Gasteiger partial charge in [-0.1, -0.05) is 30.3 Å². The van der Waals surface area contributed by atoms with Crippen molar-refractivity contribution in [1.82, 2.24) is 4.90 Å². The van der Waals surface area contributed by atoms with Crippen LogP contribution in [-0.4, -0.2) is 40.4 Å². The fourth-order valence-electron chi connectivity index (χ4n) is 3.56. The summed E-state index contributed by atoms with van der Waals surface area (Å²) in [5.41, 5.74) is 15.6. The number of carbonyl (C=O) groups is 2. The highest BCUT2D eigenvalue weighted by molar-refractivity contribution is 5.89. The number of rotatable bonds is 9. The number of primary amides is 1. The highest BCUT2D eigenvalue weighted by Crippen LogP contribution is 2.22. The van der Waals surface area contributed by atoms with E-state index in [-0.39, 0.29) is 11.7 Å². The maximum absolute atomic E-state index is 13.1. The van der Waals surface area contributed by atoms with Crippen LogP contribution in [0.2, 0.25) is 0 Å². The van der Waals surface area contributed by atoms with E-state index in [0.29, 0.717) is 19.4 Å². The summed E-state index contributed by atoms with van der Waals surface area (Å²) in [7, 11) is 0. The molecule has 0 spiro atoms. The second-order valence-corrected chi connectivity index (χ2v) is 7.57. The van der Waals surface area contributed by atoms with Gasteiger partial charge in [-0.2, -0.15) is 0 Å². The van der Waals surface area contributed by atoms with Crippen LogP contribution in [0.3, 0.4) is 0 Å². The summed E-state index contributed by atoms with van der Waals surface area (Å²) in [4.78, 5) is 26.3. The normalized spacial score (nSPS) is 13.0. The number of aromatic hydroxyl groups is 1. The lowest BCUT2D eigenvalue weighted by Gasteiger charge is -2.30. The number of nitrogens with zero attached hydrogens (tertiary/aromatic N) is 1. The Morgan fingerprint density at radius 3 is 2.24 bits per heavy atom. The highest BCUT2D eigenvalue weighted by atomic mass is 16.3. The van der Waals surface area contributed by atoms with Crippen molar-refractivity contribution in [1.29, 1.82) is 0 Å². The standard InChI is InChI=1S/C23H31N3O3/c1-15-12-19(27)13-16(2)20(15)14-21(24)23(29)26(17(3)22(25)28)11-7-10-18-8-5-4-6-9-18/h4-6,8-9,12-13,17,21,27H,7,10-11,14,24H2,1-3H3,(H2,25,28)/t17-,21-/m0/s1. The Hall–Kier alpha value is -2.86. The van der Waals surface area contributed by atoms with E-state index in [9.17, 15) is 14.7 Å². The monoisotopic (exact) mass is 397 g/mol. The van der Waals surface area contributed by atoms with E-state index >= 15 is 0 Å². The van der Waals surface area contributed by atoms with Crippen LogP contribution in [0.5, 0.6) is 5.75 Å². The van der Waals surface area contributed by atoms with Gasteiger partial charge >= 0.3 is 0 Å². The summed E-state index contributed by atoms with van der Waals surface area (Å²) in [6.07, 6.45) is 1.83. The van der Waals surface area contributed by atoms with Gasteiger partial charge < -0.3 is 21.5 Å². The first-order valence-electron chi connectivity index (χ1n) is 9.89. The van der Waals surface area contributed by atoms with E-state index in [1.165, 1.54) is 10.5 Å². The zero-order valence-electron chi connectivity index (χ0n) is 17.4. The molecule has 2 rings (SSSR count). The number of phenols is 1. The number of hydrogen-bond donors (Lipinski definition) is 3. The zero-order valence-corrected chi connectivity index (χ0v) is 17.4. The predicted octanol–water partition coefficient (Wildman–Crippen LogP) is 2.21. The summed E-state index contributed by atoms with van der Waals surface area (Å²) in [6, 6.07) is 11.8. The summed E-state index contributed by atoms with van der Waals surface area (Å²) in [6.45, 7) is 5.79. The number of phenolic OH excluding ortho intramolecular Hbond substituents is 1. The number of benzene rings is 2. The SMILES string of the molecule is Cc1cc(O)cc(C)c1C[C@H](N)C(=O)N(CCCc1ccccc1)[C@@H](C)C(N)=O. The zero-order chi connectivity index (χ0) is 21.6. The average Bonchev–Trinajstić information content (AvgIpc) is 2.67. The third kappa shape index (κ3) is 6.06. The fraction of sp³-hybridized carbons (Fsp3) is 0.391. The van der Waals surface area contributed by atoms with Crippen molar-refractivity contribution < 1.29 is 14.7 Å². The van der Waals surface area contributed by atoms with Crippen LogP contribution >= 0.6 is 0 Å². The molecule has 0 aromatic heterocycles. The van der Waals surface area contributed by atoms with Crippen molar-refractivity contribution in [2.75, 3.05) is 6.54 Å². The van der Waals surface area contributed by atoms with Gasteiger partial charge in [-0.25, -0.2) is 0 Å². The minimum atomic E-state index is -0.796. The summed E-state index contributed by atoms with van der Waals surface area (Å²) in [5, 5.41) is 9.72. The summed E-state index contributed by atoms with van der Waals surface area (Å²) in [5.74, 6) is -0.660. The number of nitrogens with two attached hydrogens (primary N) is 2. The summed E-state index contributed by atoms with van der Waals surface area (Å²) < 4.78 is 0. The first kappa shape index (κ1) is 22.4. The molecule has 2 atom stereocenters. The lowest BCUT2D eigenvalue weighted by Crippen LogP contribution is -2.53. The molecule has 0 radical (unpaired) electrons. The molecule has 0 unspecified atom stereocenters. The van der Waals surface area contributed by atoms with Crippen molar-refractivity contribution in [3.8, 4) is 5.75 Å². The van der Waals surface area contributed by atoms with Gasteiger partial charge in [0.25, 0.3) is 0 Å². The second kappa shape index (κ2) is 10.1. The molecule has 0 fully saturated rings. The average molecular weight is 398 g/mol. The molecule has 6 nitrogen and oxygen atoms in total. The molecular weight excluding hydrogens is 366 g/mol. The fourth-order valence-corrected chi connectivity index (χ4v) is 3.56. The quantitative estimate of drug-likeness (QED) is 0.602. The lowest BCUT2D eigenvalue weighted by atomic mass is 9.95. The van der Waals surface area contributed by atoms with E-state index in [4.69, 9.17) is 11.5 Å². The molecule has 6 heteroatoms. The van der Waals surface area contributed by atoms with Crippen LogP contribution in [0.15, 0.2) is 42.5 Å². The Morgan fingerprint density at radius 2 is 1.69 bits per heavy atom. The smallest absolute Gasteiger partial charge is 0.240 e. The van der Waals surface area contributed by atoms with Crippen molar-refractivity contribution >= 4 is 11.8 Å².